The van der Waals surface area contributed by atoms with Crippen molar-refractivity contribution in [3.63, 3.8) is 0 Å². The lowest BCUT2D eigenvalue weighted by Gasteiger charge is -2.07. The normalized spacial score (nSPS) is 14.2. The van der Waals surface area contributed by atoms with Crippen LogP contribution in [0.5, 0.6) is 5.75 Å². The van der Waals surface area contributed by atoms with E-state index in [9.17, 15) is 14.0 Å². The Bertz CT molecular complexity index is 1270. The highest BCUT2D eigenvalue weighted by Crippen LogP contribution is 2.24. The number of ether oxygens (including phenoxy) is 1. The molecule has 0 aliphatic carbocycles. The topological polar surface area (TPSA) is 83.5 Å². The molecule has 4 rings (SSSR count). The first-order valence-corrected chi connectivity index (χ1v) is 9.10. The predicted molar refractivity (Wildman–Crippen MR) is 106 cm³/mol. The summed E-state index contributed by atoms with van der Waals surface area (Å²) in [6, 6.07) is 11.0. The molecule has 1 aliphatic heterocycles. The van der Waals surface area contributed by atoms with Gasteiger partial charge < -0.3 is 10.1 Å². The van der Waals surface area contributed by atoms with Crippen LogP contribution in [0.1, 0.15) is 4.88 Å². The fourth-order valence-electron chi connectivity index (χ4n) is 2.73. The zero-order chi connectivity index (χ0) is 19.7. The number of aromatic nitrogens is 1. The van der Waals surface area contributed by atoms with Crippen LogP contribution in [-0.2, 0) is 4.79 Å². The Morgan fingerprint density at radius 3 is 2.71 bits per heavy atom. The van der Waals surface area contributed by atoms with Gasteiger partial charge in [-0.1, -0.05) is 11.3 Å². The van der Waals surface area contributed by atoms with Gasteiger partial charge in [0.15, 0.2) is 0 Å². The average Bonchev–Trinajstić information content (AvgIpc) is 3.02. The molecule has 0 unspecified atom stereocenters. The molecule has 1 aliphatic rings. The summed E-state index contributed by atoms with van der Waals surface area (Å²) < 4.78 is 18.2. The Hall–Kier alpha value is -3.52. The maximum atomic E-state index is 13.1. The number of fused-ring (bicyclic) bond motifs is 1. The molecule has 3 aromatic rings. The second kappa shape index (κ2) is 7.24. The summed E-state index contributed by atoms with van der Waals surface area (Å²) in [5.41, 5.74) is 0.964. The number of nitrogens with one attached hydrogen (secondary N) is 2. The summed E-state index contributed by atoms with van der Waals surface area (Å²) in [5, 5.41) is 4.35. The molecule has 0 saturated carbocycles. The van der Waals surface area contributed by atoms with Crippen LogP contribution in [0, 0.1) is 5.82 Å². The van der Waals surface area contributed by atoms with Gasteiger partial charge in [0.05, 0.1) is 17.3 Å². The second-order valence-electron chi connectivity index (χ2n) is 5.97. The molecule has 2 N–H and O–H groups in total. The third kappa shape index (κ3) is 3.63. The van der Waals surface area contributed by atoms with Gasteiger partial charge in [-0.15, -0.1) is 0 Å². The van der Waals surface area contributed by atoms with Crippen LogP contribution in [0.2, 0.25) is 0 Å². The summed E-state index contributed by atoms with van der Waals surface area (Å²) in [5.74, 6) is 0.280. The number of methoxy groups -OCH3 is 1. The molecule has 0 atom stereocenters. The van der Waals surface area contributed by atoms with Gasteiger partial charge in [-0.3, -0.25) is 14.6 Å². The molecule has 1 amide bonds. The van der Waals surface area contributed by atoms with E-state index in [2.05, 4.69) is 15.3 Å². The van der Waals surface area contributed by atoms with E-state index >= 15 is 0 Å². The van der Waals surface area contributed by atoms with Gasteiger partial charge >= 0.3 is 4.87 Å². The van der Waals surface area contributed by atoms with E-state index in [4.69, 9.17) is 4.74 Å². The summed E-state index contributed by atoms with van der Waals surface area (Å²) in [6.45, 7) is 0. The van der Waals surface area contributed by atoms with Gasteiger partial charge in [0, 0.05) is 22.5 Å². The summed E-state index contributed by atoms with van der Waals surface area (Å²) in [4.78, 5) is 31.3. The van der Waals surface area contributed by atoms with Gasteiger partial charge in [0.1, 0.15) is 17.4 Å². The lowest BCUT2D eigenvalue weighted by molar-refractivity contribution is -0.114. The number of amides is 1. The fraction of sp³-hybridized carbons (Fsp3) is 0.0500. The quantitative estimate of drug-likeness (QED) is 0.665. The smallest absolute Gasteiger partial charge is 0.306 e. The number of carbonyl (C=O) groups excluding carboxylic acids is 1. The molecule has 0 saturated heterocycles. The third-order valence-corrected chi connectivity index (χ3v) is 4.92. The molecule has 0 spiro atoms. The second-order valence-corrected chi connectivity index (χ2v) is 6.99. The molecule has 140 valence electrons. The molecule has 28 heavy (non-hydrogen) atoms. The molecule has 2 heterocycles. The van der Waals surface area contributed by atoms with Crippen LogP contribution in [0.3, 0.4) is 0 Å². The van der Waals surface area contributed by atoms with E-state index in [0.29, 0.717) is 33.1 Å². The number of H-pyrrole nitrogens is 1. The maximum Gasteiger partial charge on any atom is 0.306 e. The standard InChI is InChI=1S/C20H14FN3O3S/c1-27-15-7-2-11-8-12(19(25)23-16(11)10-15)9-17-18(24-20(26)28-17)22-14-5-3-13(21)4-6-14/h2-10,22H,1H3,(H,24,26). The first-order chi connectivity index (χ1) is 13.5. The number of halogens is 1. The molecule has 0 fully saturated rings. The number of nitrogens with zero attached hydrogens (tertiary/aromatic N) is 1. The number of rotatable bonds is 4. The van der Waals surface area contributed by atoms with E-state index in [1.807, 2.05) is 6.07 Å². The van der Waals surface area contributed by atoms with Crippen LogP contribution in [0.4, 0.5) is 15.9 Å². The first kappa shape index (κ1) is 17.9. The zero-order valence-corrected chi connectivity index (χ0v) is 15.5. The van der Waals surface area contributed by atoms with Crippen molar-refractivity contribution in [1.29, 1.82) is 0 Å². The highest BCUT2D eigenvalue weighted by molar-refractivity contribution is 7.10. The zero-order valence-electron chi connectivity index (χ0n) is 14.7. The minimum absolute atomic E-state index is 0.276. The van der Waals surface area contributed by atoms with Crippen LogP contribution in [-0.4, -0.2) is 18.0 Å². The van der Waals surface area contributed by atoms with Crippen molar-refractivity contribution in [2.24, 2.45) is 4.99 Å². The average molecular weight is 395 g/mol. The third-order valence-electron chi connectivity index (χ3n) is 4.09. The Labute approximate surface area is 162 Å². The number of aromatic amines is 1. The highest BCUT2D eigenvalue weighted by atomic mass is 32.1. The number of hydrogen-bond donors (Lipinski definition) is 2. The van der Waals surface area contributed by atoms with Gasteiger partial charge in [-0.25, -0.2) is 9.38 Å². The molecule has 0 bridgehead atoms. The van der Waals surface area contributed by atoms with E-state index in [1.165, 1.54) is 12.1 Å². The van der Waals surface area contributed by atoms with Crippen LogP contribution < -0.4 is 25.5 Å². The number of anilines is 2. The summed E-state index contributed by atoms with van der Waals surface area (Å²) in [7, 11) is 1.55. The largest absolute Gasteiger partial charge is 0.497 e. The van der Waals surface area contributed by atoms with Gasteiger partial charge in [0.2, 0.25) is 0 Å². The van der Waals surface area contributed by atoms with Crippen molar-refractivity contribution < 1.29 is 13.9 Å². The van der Waals surface area contributed by atoms with Crippen molar-refractivity contribution >= 4 is 40.9 Å². The molecule has 1 aromatic heterocycles. The summed E-state index contributed by atoms with van der Waals surface area (Å²) in [6.07, 6.45) is 3.32. The fourth-order valence-corrected chi connectivity index (χ4v) is 3.47. The molecule has 8 heteroatoms. The van der Waals surface area contributed by atoms with Crippen molar-refractivity contribution in [3.05, 3.63) is 79.0 Å². The lowest BCUT2D eigenvalue weighted by atomic mass is 10.1. The van der Waals surface area contributed by atoms with Crippen LogP contribution in [0.25, 0.3) is 12.2 Å². The van der Waals surface area contributed by atoms with Gasteiger partial charge in [-0.2, -0.15) is 0 Å². The Morgan fingerprint density at radius 1 is 1.18 bits per heavy atom. The lowest BCUT2D eigenvalue weighted by Crippen LogP contribution is -2.30. The summed E-state index contributed by atoms with van der Waals surface area (Å²) >= 11 is 0.962. The van der Waals surface area contributed by atoms with Crippen molar-refractivity contribution in [2.75, 3.05) is 12.4 Å². The molecule has 0 radical (unpaired) electrons. The number of benzene rings is 2. The number of carbonyl (C=O) groups is 1. The van der Waals surface area contributed by atoms with E-state index in [-0.39, 0.29) is 10.7 Å². The van der Waals surface area contributed by atoms with E-state index in [0.717, 1.165) is 16.6 Å². The van der Waals surface area contributed by atoms with Gasteiger partial charge in [-0.05, 0) is 48.6 Å². The highest BCUT2D eigenvalue weighted by Gasteiger charge is 2.14. The monoisotopic (exact) mass is 395 g/mol. The Morgan fingerprint density at radius 2 is 1.96 bits per heavy atom. The van der Waals surface area contributed by atoms with Gasteiger partial charge in [0.25, 0.3) is 5.91 Å². The van der Waals surface area contributed by atoms with Crippen LogP contribution >= 0.6 is 11.3 Å². The molecule has 6 nitrogen and oxygen atoms in total. The minimum Gasteiger partial charge on any atom is -0.497 e. The number of hydrogen-bond acceptors (Lipinski definition) is 5. The first-order valence-electron chi connectivity index (χ1n) is 8.28. The Balaban J connectivity index is 1.72. The Kier molecular flexibility index (Phi) is 4.62. The minimum atomic E-state index is -0.408. The van der Waals surface area contributed by atoms with Crippen LogP contribution in [0.15, 0.2) is 57.8 Å². The predicted octanol–water partition coefficient (Wildman–Crippen LogP) is 2.35. The maximum absolute atomic E-state index is 13.1. The SMILES string of the molecule is COc1ccc2c(c1)=NC(=O)C(=Cc1sc(=O)[nH]c1Nc1ccc(F)cc1)C=2. The van der Waals surface area contributed by atoms with Crippen molar-refractivity contribution in [1.82, 2.24) is 4.98 Å². The van der Waals surface area contributed by atoms with E-state index in [1.54, 1.807) is 43.5 Å². The molecular formula is C20H14FN3O3S. The van der Waals surface area contributed by atoms with Crippen molar-refractivity contribution in [2.45, 2.75) is 0 Å². The number of thiazole rings is 1. The molecular weight excluding hydrogens is 381 g/mol. The van der Waals surface area contributed by atoms with E-state index < -0.39 is 5.91 Å². The molecule has 2 aromatic carbocycles. The van der Waals surface area contributed by atoms with Crippen molar-refractivity contribution in [3.8, 4) is 5.75 Å².